The minimum Gasteiger partial charge on any atom is -0.351 e. The number of nitrogens with two attached hydrogens (primary N) is 1. The minimum absolute atomic E-state index is 0.208. The van der Waals surface area contributed by atoms with Crippen LogP contribution in [0.1, 0.15) is 27.2 Å². The first kappa shape index (κ1) is 13.8. The molecular formula is C15H15N3O2. The van der Waals surface area contributed by atoms with E-state index in [9.17, 15) is 4.79 Å². The van der Waals surface area contributed by atoms with Gasteiger partial charge in [-0.25, -0.2) is 0 Å². The van der Waals surface area contributed by atoms with Crippen molar-refractivity contribution in [1.29, 1.82) is 0 Å². The molecule has 0 fully saturated rings. The van der Waals surface area contributed by atoms with E-state index >= 15 is 0 Å². The van der Waals surface area contributed by atoms with Gasteiger partial charge in [-0.3, -0.25) is 4.79 Å². The van der Waals surface area contributed by atoms with Gasteiger partial charge in [0, 0.05) is 16.8 Å². The highest BCUT2D eigenvalue weighted by molar-refractivity contribution is 6.03. The zero-order chi connectivity index (χ0) is 14.5. The Labute approximate surface area is 117 Å². The second-order valence-electron chi connectivity index (χ2n) is 4.33. The Morgan fingerprint density at radius 3 is 2.85 bits per heavy atom. The third kappa shape index (κ3) is 3.05. The quantitative estimate of drug-likeness (QED) is 0.815. The van der Waals surface area contributed by atoms with Crippen molar-refractivity contribution in [2.75, 3.05) is 11.9 Å². The second-order valence-corrected chi connectivity index (χ2v) is 4.33. The molecule has 3 N–H and O–H groups in total. The number of benzene rings is 1. The van der Waals surface area contributed by atoms with E-state index in [2.05, 4.69) is 22.3 Å². The van der Waals surface area contributed by atoms with E-state index in [4.69, 9.17) is 10.3 Å². The van der Waals surface area contributed by atoms with Crippen LogP contribution in [0.25, 0.3) is 0 Å². The predicted octanol–water partition coefficient (Wildman–Crippen LogP) is 1.85. The van der Waals surface area contributed by atoms with Crippen molar-refractivity contribution >= 4 is 11.6 Å². The lowest BCUT2D eigenvalue weighted by molar-refractivity contribution is 0.0987. The third-order valence-electron chi connectivity index (χ3n) is 2.78. The van der Waals surface area contributed by atoms with E-state index in [-0.39, 0.29) is 11.7 Å². The standard InChI is InChI=1S/C15H15N3O2/c1-10-5-6-13(8-12(10)4-3-7-16)18-15(19)14-11(2)9-17-20-14/h5-6,8-9H,7,16H2,1-2H3,(H,18,19). The van der Waals surface area contributed by atoms with E-state index in [1.807, 2.05) is 25.1 Å². The van der Waals surface area contributed by atoms with Gasteiger partial charge in [0.1, 0.15) is 0 Å². The van der Waals surface area contributed by atoms with Crippen LogP contribution >= 0.6 is 0 Å². The van der Waals surface area contributed by atoms with E-state index in [0.717, 1.165) is 11.1 Å². The third-order valence-corrected chi connectivity index (χ3v) is 2.78. The number of nitrogens with zero attached hydrogens (tertiary/aromatic N) is 1. The Balaban J connectivity index is 2.22. The molecule has 0 bridgehead atoms. The van der Waals surface area contributed by atoms with Crippen LogP contribution in [0.2, 0.25) is 0 Å². The molecular weight excluding hydrogens is 254 g/mol. The highest BCUT2D eigenvalue weighted by Crippen LogP contribution is 2.16. The maximum atomic E-state index is 12.0. The molecule has 0 saturated heterocycles. The lowest BCUT2D eigenvalue weighted by atomic mass is 10.1. The number of amides is 1. The number of hydrogen-bond acceptors (Lipinski definition) is 4. The SMILES string of the molecule is Cc1ccc(NC(=O)c2oncc2C)cc1C#CCN. The topological polar surface area (TPSA) is 81.2 Å². The van der Waals surface area contributed by atoms with Crippen molar-refractivity contribution in [3.63, 3.8) is 0 Å². The van der Waals surface area contributed by atoms with Gasteiger partial charge < -0.3 is 15.6 Å². The van der Waals surface area contributed by atoms with Crippen molar-refractivity contribution in [2.45, 2.75) is 13.8 Å². The predicted molar refractivity (Wildman–Crippen MR) is 76.3 cm³/mol. The van der Waals surface area contributed by atoms with E-state index in [1.165, 1.54) is 6.20 Å². The number of rotatable bonds is 2. The fourth-order valence-electron chi connectivity index (χ4n) is 1.68. The Kier molecular flexibility index (Phi) is 4.18. The van der Waals surface area contributed by atoms with Gasteiger partial charge in [-0.1, -0.05) is 23.1 Å². The molecule has 0 radical (unpaired) electrons. The molecule has 0 aliphatic carbocycles. The summed E-state index contributed by atoms with van der Waals surface area (Å²) < 4.78 is 4.91. The number of carbonyl (C=O) groups excluding carboxylic acids is 1. The Bertz CT molecular complexity index is 693. The van der Waals surface area contributed by atoms with Gasteiger partial charge >= 0.3 is 0 Å². The van der Waals surface area contributed by atoms with Crippen molar-refractivity contribution in [2.24, 2.45) is 5.73 Å². The molecule has 0 unspecified atom stereocenters. The van der Waals surface area contributed by atoms with Crippen LogP contribution in [0.4, 0.5) is 5.69 Å². The number of carbonyl (C=O) groups is 1. The van der Waals surface area contributed by atoms with Crippen molar-refractivity contribution in [1.82, 2.24) is 5.16 Å². The Morgan fingerprint density at radius 1 is 1.40 bits per heavy atom. The Morgan fingerprint density at radius 2 is 2.20 bits per heavy atom. The lowest BCUT2D eigenvalue weighted by Crippen LogP contribution is -2.12. The van der Waals surface area contributed by atoms with Crippen LogP contribution in [0.3, 0.4) is 0 Å². The van der Waals surface area contributed by atoms with Gasteiger partial charge in [0.25, 0.3) is 5.91 Å². The number of nitrogens with one attached hydrogen (secondary N) is 1. The fraction of sp³-hybridized carbons (Fsp3) is 0.200. The van der Waals surface area contributed by atoms with Gasteiger partial charge in [0.05, 0.1) is 12.7 Å². The summed E-state index contributed by atoms with van der Waals surface area (Å²) in [6.07, 6.45) is 1.50. The number of hydrogen-bond donors (Lipinski definition) is 2. The van der Waals surface area contributed by atoms with E-state index in [1.54, 1.807) is 6.92 Å². The average molecular weight is 269 g/mol. The van der Waals surface area contributed by atoms with Gasteiger partial charge in [0.15, 0.2) is 0 Å². The highest BCUT2D eigenvalue weighted by atomic mass is 16.5. The molecule has 2 rings (SSSR count). The van der Waals surface area contributed by atoms with Gasteiger partial charge in [0.2, 0.25) is 5.76 Å². The summed E-state index contributed by atoms with van der Waals surface area (Å²) in [6.45, 7) is 4.01. The molecule has 5 nitrogen and oxygen atoms in total. The molecule has 20 heavy (non-hydrogen) atoms. The first-order chi connectivity index (χ1) is 9.61. The summed E-state index contributed by atoms with van der Waals surface area (Å²) in [7, 11) is 0. The zero-order valence-corrected chi connectivity index (χ0v) is 11.4. The van der Waals surface area contributed by atoms with Gasteiger partial charge in [-0.2, -0.15) is 0 Å². The molecule has 102 valence electrons. The summed E-state index contributed by atoms with van der Waals surface area (Å²) in [5.41, 5.74) is 8.57. The van der Waals surface area contributed by atoms with Crippen LogP contribution in [-0.2, 0) is 0 Å². The minimum atomic E-state index is -0.332. The van der Waals surface area contributed by atoms with Crippen LogP contribution < -0.4 is 11.1 Å². The first-order valence-electron chi connectivity index (χ1n) is 6.14. The molecule has 2 aromatic rings. The molecule has 0 saturated carbocycles. The van der Waals surface area contributed by atoms with Gasteiger partial charge in [-0.05, 0) is 31.5 Å². The molecule has 5 heteroatoms. The molecule has 0 atom stereocenters. The monoisotopic (exact) mass is 269 g/mol. The lowest BCUT2D eigenvalue weighted by Gasteiger charge is -2.06. The molecule has 1 amide bonds. The molecule has 1 aromatic heterocycles. The van der Waals surface area contributed by atoms with Crippen molar-refractivity contribution < 1.29 is 9.32 Å². The van der Waals surface area contributed by atoms with Crippen LogP contribution in [0.5, 0.6) is 0 Å². The maximum Gasteiger partial charge on any atom is 0.294 e. The van der Waals surface area contributed by atoms with Crippen LogP contribution in [0.15, 0.2) is 28.9 Å². The summed E-state index contributed by atoms with van der Waals surface area (Å²) in [5.74, 6) is 5.65. The zero-order valence-electron chi connectivity index (χ0n) is 11.4. The summed E-state index contributed by atoms with van der Waals surface area (Å²) in [6, 6.07) is 5.51. The summed E-state index contributed by atoms with van der Waals surface area (Å²) >= 11 is 0. The molecule has 0 spiro atoms. The molecule has 0 aliphatic rings. The number of aromatic nitrogens is 1. The molecule has 0 aliphatic heterocycles. The first-order valence-corrected chi connectivity index (χ1v) is 6.14. The number of aryl methyl sites for hydroxylation is 2. The Hall–Kier alpha value is -2.58. The van der Waals surface area contributed by atoms with E-state index in [0.29, 0.717) is 17.8 Å². The van der Waals surface area contributed by atoms with Crippen molar-refractivity contribution in [3.8, 4) is 11.8 Å². The smallest absolute Gasteiger partial charge is 0.294 e. The molecule has 1 aromatic carbocycles. The second kappa shape index (κ2) is 6.04. The highest BCUT2D eigenvalue weighted by Gasteiger charge is 2.14. The van der Waals surface area contributed by atoms with Crippen LogP contribution in [0, 0.1) is 25.7 Å². The summed E-state index contributed by atoms with van der Waals surface area (Å²) in [4.78, 5) is 12.0. The average Bonchev–Trinajstić information content (AvgIpc) is 2.85. The number of anilines is 1. The van der Waals surface area contributed by atoms with Gasteiger partial charge in [-0.15, -0.1) is 0 Å². The summed E-state index contributed by atoms with van der Waals surface area (Å²) in [5, 5.41) is 6.34. The molecule has 1 heterocycles. The largest absolute Gasteiger partial charge is 0.351 e. The normalized spacial score (nSPS) is 9.75. The fourth-order valence-corrected chi connectivity index (χ4v) is 1.68. The van der Waals surface area contributed by atoms with E-state index < -0.39 is 0 Å². The maximum absolute atomic E-state index is 12.0. The van der Waals surface area contributed by atoms with Crippen LogP contribution in [-0.4, -0.2) is 17.6 Å². The van der Waals surface area contributed by atoms with Crippen molar-refractivity contribution in [3.05, 3.63) is 46.8 Å².